The number of nitrogens with zero attached hydrogens (tertiary/aromatic N) is 2. The first kappa shape index (κ1) is 22.8. The third-order valence-electron chi connectivity index (χ3n) is 5.47. The second kappa shape index (κ2) is 11.5. The quantitative estimate of drug-likeness (QED) is 0.437. The number of unbranched alkanes of at least 4 members (excludes halogenated alkanes) is 1. The zero-order valence-corrected chi connectivity index (χ0v) is 18.9. The van der Waals surface area contributed by atoms with Crippen molar-refractivity contribution in [2.24, 2.45) is 0 Å². The predicted octanol–water partition coefficient (Wildman–Crippen LogP) is 5.15. The van der Waals surface area contributed by atoms with Gasteiger partial charge in [-0.3, -0.25) is 4.79 Å². The van der Waals surface area contributed by atoms with Gasteiger partial charge in [0.05, 0.1) is 23.4 Å². The van der Waals surface area contributed by atoms with E-state index in [0.717, 1.165) is 60.4 Å². The first-order valence-electron chi connectivity index (χ1n) is 11.3. The van der Waals surface area contributed by atoms with Crippen molar-refractivity contribution < 1.29 is 9.53 Å². The number of fused-ring (bicyclic) bond motifs is 1. The molecule has 0 bridgehead atoms. The smallest absolute Gasteiger partial charge is 0.252 e. The highest BCUT2D eigenvalue weighted by Crippen LogP contribution is 2.27. The molecule has 1 aromatic heterocycles. The molecule has 0 saturated carbocycles. The zero-order chi connectivity index (χ0) is 22.1. The normalized spacial score (nSPS) is 11.1. The standard InChI is InChI=1S/C26H33N3O2/c1-4-7-17-31-21-12-10-11-20(18-21)25-19-23(22-13-8-9-14-24(22)28-25)26(30)27-15-16-29(5-2)6-3/h8-14,18-19H,4-7,15-17H2,1-3H3,(H,27,30). The van der Waals surface area contributed by atoms with Crippen molar-refractivity contribution in [3.05, 3.63) is 60.2 Å². The molecule has 164 valence electrons. The van der Waals surface area contributed by atoms with Crippen molar-refractivity contribution in [3.63, 3.8) is 0 Å². The Labute approximate surface area is 185 Å². The molecule has 5 heteroatoms. The molecule has 1 N–H and O–H groups in total. The van der Waals surface area contributed by atoms with Crippen LogP contribution in [-0.4, -0.2) is 48.6 Å². The van der Waals surface area contributed by atoms with Crippen LogP contribution < -0.4 is 10.1 Å². The lowest BCUT2D eigenvalue weighted by Crippen LogP contribution is -2.34. The number of hydrogen-bond donors (Lipinski definition) is 1. The SMILES string of the molecule is CCCCOc1cccc(-c2cc(C(=O)NCCN(CC)CC)c3ccccc3n2)c1. The van der Waals surface area contributed by atoms with Gasteiger partial charge in [-0.05, 0) is 43.8 Å². The number of para-hydroxylation sites is 1. The number of hydrogen-bond acceptors (Lipinski definition) is 4. The van der Waals surface area contributed by atoms with Crippen molar-refractivity contribution in [1.29, 1.82) is 0 Å². The number of carbonyl (C=O) groups is 1. The summed E-state index contributed by atoms with van der Waals surface area (Å²) < 4.78 is 5.86. The van der Waals surface area contributed by atoms with Gasteiger partial charge in [0.2, 0.25) is 0 Å². The molecular formula is C26H33N3O2. The fourth-order valence-electron chi connectivity index (χ4n) is 3.55. The molecule has 3 rings (SSSR count). The Hall–Kier alpha value is -2.92. The van der Waals surface area contributed by atoms with E-state index >= 15 is 0 Å². The van der Waals surface area contributed by atoms with Gasteiger partial charge in [0, 0.05) is 24.0 Å². The Balaban J connectivity index is 1.87. The van der Waals surface area contributed by atoms with E-state index in [1.165, 1.54) is 0 Å². The van der Waals surface area contributed by atoms with Gasteiger partial charge in [0.25, 0.3) is 5.91 Å². The maximum atomic E-state index is 13.1. The number of pyridine rings is 1. The molecule has 0 unspecified atom stereocenters. The summed E-state index contributed by atoms with van der Waals surface area (Å²) >= 11 is 0. The Morgan fingerprint density at radius 1 is 1.03 bits per heavy atom. The molecule has 1 heterocycles. The van der Waals surface area contributed by atoms with Crippen LogP contribution in [0.4, 0.5) is 0 Å². The highest BCUT2D eigenvalue weighted by molar-refractivity contribution is 6.07. The van der Waals surface area contributed by atoms with Crippen LogP contribution >= 0.6 is 0 Å². The average molecular weight is 420 g/mol. The number of ether oxygens (including phenoxy) is 1. The summed E-state index contributed by atoms with van der Waals surface area (Å²) in [6.45, 7) is 10.5. The molecular weight excluding hydrogens is 386 g/mol. The van der Waals surface area contributed by atoms with Crippen molar-refractivity contribution in [2.45, 2.75) is 33.6 Å². The summed E-state index contributed by atoms with van der Waals surface area (Å²) in [5.41, 5.74) is 3.18. The van der Waals surface area contributed by atoms with Gasteiger partial charge < -0.3 is 15.0 Å². The number of likely N-dealkylation sites (N-methyl/N-ethyl adjacent to an activating group) is 1. The maximum absolute atomic E-state index is 13.1. The van der Waals surface area contributed by atoms with Crippen LogP contribution in [0.2, 0.25) is 0 Å². The van der Waals surface area contributed by atoms with E-state index in [0.29, 0.717) is 18.7 Å². The molecule has 3 aromatic rings. The summed E-state index contributed by atoms with van der Waals surface area (Å²) in [5, 5.41) is 3.94. The fourth-order valence-corrected chi connectivity index (χ4v) is 3.55. The first-order chi connectivity index (χ1) is 15.2. The highest BCUT2D eigenvalue weighted by atomic mass is 16.5. The van der Waals surface area contributed by atoms with Crippen molar-refractivity contribution in [2.75, 3.05) is 32.8 Å². The van der Waals surface area contributed by atoms with Gasteiger partial charge in [0.1, 0.15) is 5.75 Å². The lowest BCUT2D eigenvalue weighted by Gasteiger charge is -2.18. The Bertz CT molecular complexity index is 999. The van der Waals surface area contributed by atoms with Gasteiger partial charge in [-0.1, -0.05) is 57.5 Å². The first-order valence-corrected chi connectivity index (χ1v) is 11.3. The van der Waals surface area contributed by atoms with E-state index < -0.39 is 0 Å². The second-order valence-electron chi connectivity index (χ2n) is 7.58. The number of rotatable bonds is 11. The number of aromatic nitrogens is 1. The van der Waals surface area contributed by atoms with Crippen LogP contribution in [0.1, 0.15) is 44.0 Å². The maximum Gasteiger partial charge on any atom is 0.252 e. The van der Waals surface area contributed by atoms with E-state index in [2.05, 4.69) is 31.0 Å². The van der Waals surface area contributed by atoms with Crippen LogP contribution in [0.3, 0.4) is 0 Å². The molecule has 0 aliphatic rings. The Morgan fingerprint density at radius 3 is 2.61 bits per heavy atom. The minimum absolute atomic E-state index is 0.0673. The van der Waals surface area contributed by atoms with Gasteiger partial charge in [-0.25, -0.2) is 4.98 Å². The van der Waals surface area contributed by atoms with Crippen molar-refractivity contribution in [3.8, 4) is 17.0 Å². The highest BCUT2D eigenvalue weighted by Gasteiger charge is 2.14. The van der Waals surface area contributed by atoms with Gasteiger partial charge in [0.15, 0.2) is 0 Å². The number of amides is 1. The third-order valence-corrected chi connectivity index (χ3v) is 5.47. The molecule has 0 spiro atoms. The number of nitrogens with one attached hydrogen (secondary N) is 1. The lowest BCUT2D eigenvalue weighted by molar-refractivity contribution is 0.0950. The fraction of sp³-hybridized carbons (Fsp3) is 0.385. The molecule has 0 saturated heterocycles. The molecule has 5 nitrogen and oxygen atoms in total. The molecule has 0 aliphatic heterocycles. The summed E-state index contributed by atoms with van der Waals surface area (Å²) in [7, 11) is 0. The third kappa shape index (κ3) is 6.05. The molecule has 0 radical (unpaired) electrons. The second-order valence-corrected chi connectivity index (χ2v) is 7.58. The summed E-state index contributed by atoms with van der Waals surface area (Å²) in [6.07, 6.45) is 2.12. The molecule has 1 amide bonds. The van der Waals surface area contributed by atoms with Crippen LogP contribution in [0.25, 0.3) is 22.2 Å². The average Bonchev–Trinajstić information content (AvgIpc) is 2.81. The van der Waals surface area contributed by atoms with Crippen molar-refractivity contribution in [1.82, 2.24) is 15.2 Å². The summed E-state index contributed by atoms with van der Waals surface area (Å²) in [4.78, 5) is 20.2. The van der Waals surface area contributed by atoms with Gasteiger partial charge >= 0.3 is 0 Å². The molecule has 0 fully saturated rings. The van der Waals surface area contributed by atoms with E-state index in [-0.39, 0.29) is 5.91 Å². The van der Waals surface area contributed by atoms with Crippen LogP contribution in [-0.2, 0) is 0 Å². The summed E-state index contributed by atoms with van der Waals surface area (Å²) in [6, 6.07) is 17.6. The zero-order valence-electron chi connectivity index (χ0n) is 18.9. The Morgan fingerprint density at radius 2 is 1.84 bits per heavy atom. The number of carbonyl (C=O) groups excluding carboxylic acids is 1. The minimum atomic E-state index is -0.0673. The largest absolute Gasteiger partial charge is 0.494 e. The monoisotopic (exact) mass is 419 g/mol. The van der Waals surface area contributed by atoms with Crippen LogP contribution in [0.15, 0.2) is 54.6 Å². The van der Waals surface area contributed by atoms with E-state index in [4.69, 9.17) is 9.72 Å². The molecule has 2 aromatic carbocycles. The topological polar surface area (TPSA) is 54.5 Å². The minimum Gasteiger partial charge on any atom is -0.494 e. The molecule has 0 atom stereocenters. The van der Waals surface area contributed by atoms with Crippen LogP contribution in [0, 0.1) is 0 Å². The number of benzene rings is 2. The predicted molar refractivity (Wildman–Crippen MR) is 128 cm³/mol. The van der Waals surface area contributed by atoms with Crippen molar-refractivity contribution >= 4 is 16.8 Å². The van der Waals surface area contributed by atoms with E-state index in [1.807, 2.05) is 54.6 Å². The van der Waals surface area contributed by atoms with Crippen LogP contribution in [0.5, 0.6) is 5.75 Å². The molecule has 31 heavy (non-hydrogen) atoms. The van der Waals surface area contributed by atoms with E-state index in [9.17, 15) is 4.79 Å². The molecule has 0 aliphatic carbocycles. The summed E-state index contributed by atoms with van der Waals surface area (Å²) in [5.74, 6) is 0.758. The lowest BCUT2D eigenvalue weighted by atomic mass is 10.0. The van der Waals surface area contributed by atoms with E-state index in [1.54, 1.807) is 0 Å². The van der Waals surface area contributed by atoms with Gasteiger partial charge in [-0.2, -0.15) is 0 Å². The van der Waals surface area contributed by atoms with Gasteiger partial charge in [-0.15, -0.1) is 0 Å². The Kier molecular flexibility index (Phi) is 8.42.